The molecule has 1 fully saturated rings. The second-order valence-electron chi connectivity index (χ2n) is 4.71. The highest BCUT2D eigenvalue weighted by Crippen LogP contribution is 2.43. The first-order valence-electron chi connectivity index (χ1n) is 6.03. The van der Waals surface area contributed by atoms with Gasteiger partial charge >= 0.3 is 0 Å². The average Bonchev–Trinajstić information content (AvgIpc) is 3.16. The average molecular weight is 355 g/mol. The Balaban J connectivity index is 2.14. The number of hydrogen-bond acceptors (Lipinski definition) is 4. The molecule has 0 unspecified atom stereocenters. The largest absolute Gasteiger partial charge is 0.507 e. The second-order valence-corrected chi connectivity index (χ2v) is 6.52. The molecule has 1 heterocycles. The molecule has 4 N–H and O–H groups in total. The van der Waals surface area contributed by atoms with Crippen molar-refractivity contribution in [2.45, 2.75) is 12.8 Å². The first-order chi connectivity index (χ1) is 9.49. The van der Waals surface area contributed by atoms with Crippen molar-refractivity contribution in [1.29, 1.82) is 0 Å². The smallest absolute Gasteiger partial charge is 0.252 e. The maximum Gasteiger partial charge on any atom is 0.252 e. The molecule has 1 aromatic carbocycles. The summed E-state index contributed by atoms with van der Waals surface area (Å²) in [7, 11) is 0. The molecule has 20 heavy (non-hydrogen) atoms. The number of nitrogens with one attached hydrogen (secondary N) is 1. The molecule has 0 radical (unpaired) electrons. The normalized spacial score (nSPS) is 14.4. The molecule has 104 valence electrons. The monoisotopic (exact) mass is 354 g/mol. The number of carbonyl (C=O) groups excluding carboxylic acids is 2. The summed E-state index contributed by atoms with van der Waals surface area (Å²) in [5, 5.41) is 13.5. The molecule has 3 rings (SSSR count). The van der Waals surface area contributed by atoms with Crippen LogP contribution in [0.25, 0.3) is 10.1 Å². The quantitative estimate of drug-likeness (QED) is 0.791. The summed E-state index contributed by atoms with van der Waals surface area (Å²) >= 11 is 4.51. The maximum absolute atomic E-state index is 11.9. The van der Waals surface area contributed by atoms with Crippen LogP contribution in [0.15, 0.2) is 16.6 Å². The predicted octanol–water partition coefficient (Wildman–Crippen LogP) is 2.82. The third-order valence-corrected chi connectivity index (χ3v) is 5.41. The summed E-state index contributed by atoms with van der Waals surface area (Å²) in [6.07, 6.45) is 1.76. The molecular weight excluding hydrogens is 344 g/mol. The lowest BCUT2D eigenvalue weighted by molar-refractivity contribution is -0.117. The molecular formula is C13H11BrN2O3S. The van der Waals surface area contributed by atoms with Crippen molar-refractivity contribution in [1.82, 2.24) is 0 Å². The summed E-state index contributed by atoms with van der Waals surface area (Å²) in [4.78, 5) is 23.5. The van der Waals surface area contributed by atoms with E-state index in [2.05, 4.69) is 21.2 Å². The Morgan fingerprint density at radius 3 is 2.70 bits per heavy atom. The van der Waals surface area contributed by atoms with Gasteiger partial charge in [0, 0.05) is 11.3 Å². The molecule has 2 amide bonds. The van der Waals surface area contributed by atoms with Crippen LogP contribution in [0, 0.1) is 5.92 Å². The topological polar surface area (TPSA) is 92.4 Å². The Morgan fingerprint density at radius 1 is 1.40 bits per heavy atom. The van der Waals surface area contributed by atoms with Crippen molar-refractivity contribution in [3.63, 3.8) is 0 Å². The highest BCUT2D eigenvalue weighted by Gasteiger charge is 2.31. The summed E-state index contributed by atoms with van der Waals surface area (Å²) in [6, 6.07) is 3.11. The van der Waals surface area contributed by atoms with Gasteiger partial charge in [0.15, 0.2) is 0 Å². The van der Waals surface area contributed by atoms with E-state index in [1.54, 1.807) is 6.07 Å². The number of phenolic OH excluding ortho intramolecular Hbond substituents is 1. The van der Waals surface area contributed by atoms with E-state index in [9.17, 15) is 14.7 Å². The van der Waals surface area contributed by atoms with Gasteiger partial charge in [-0.25, -0.2) is 0 Å². The molecule has 0 saturated heterocycles. The number of nitrogens with two attached hydrogens (primary N) is 1. The lowest BCUT2D eigenvalue weighted by Crippen LogP contribution is -2.17. The standard InChI is InChI=1S/C13H11BrN2O3S/c14-9-7(17)4-3-6-8(11(15)18)13(20-10(6)9)16-12(19)5-1-2-5/h3-5,17H,1-2H2,(H2,15,18)(H,16,19). The van der Waals surface area contributed by atoms with Crippen LogP contribution in [0.4, 0.5) is 5.00 Å². The molecule has 1 aliphatic rings. The fraction of sp³-hybridized carbons (Fsp3) is 0.231. The zero-order valence-electron chi connectivity index (χ0n) is 10.3. The number of carbonyl (C=O) groups is 2. The van der Waals surface area contributed by atoms with E-state index < -0.39 is 5.91 Å². The molecule has 0 atom stereocenters. The number of primary amides is 1. The van der Waals surface area contributed by atoms with E-state index in [-0.39, 0.29) is 17.6 Å². The van der Waals surface area contributed by atoms with E-state index in [0.717, 1.165) is 12.8 Å². The van der Waals surface area contributed by atoms with Gasteiger partial charge in [-0.05, 0) is 40.9 Å². The number of aromatic hydroxyl groups is 1. The molecule has 5 nitrogen and oxygen atoms in total. The lowest BCUT2D eigenvalue weighted by Gasteiger charge is -2.03. The minimum Gasteiger partial charge on any atom is -0.507 e. The Labute approximate surface area is 126 Å². The van der Waals surface area contributed by atoms with Crippen molar-refractivity contribution in [3.8, 4) is 5.75 Å². The number of anilines is 1. The summed E-state index contributed by atoms with van der Waals surface area (Å²) in [5.74, 6) is -0.563. The molecule has 0 aliphatic heterocycles. The minimum absolute atomic E-state index is 0.0396. The number of amides is 2. The van der Waals surface area contributed by atoms with E-state index in [0.29, 0.717) is 25.1 Å². The third-order valence-electron chi connectivity index (χ3n) is 3.21. The van der Waals surface area contributed by atoms with E-state index in [1.807, 2.05) is 0 Å². The van der Waals surface area contributed by atoms with Crippen molar-refractivity contribution in [2.24, 2.45) is 11.7 Å². The van der Waals surface area contributed by atoms with E-state index >= 15 is 0 Å². The third kappa shape index (κ3) is 2.16. The first kappa shape index (κ1) is 13.4. The van der Waals surface area contributed by atoms with Gasteiger partial charge in [0.1, 0.15) is 10.8 Å². The number of fused-ring (bicyclic) bond motifs is 1. The van der Waals surface area contributed by atoms with Gasteiger partial charge in [-0.3, -0.25) is 9.59 Å². The fourth-order valence-corrected chi connectivity index (χ4v) is 3.74. The molecule has 2 aromatic rings. The van der Waals surface area contributed by atoms with E-state index in [4.69, 9.17) is 5.73 Å². The molecule has 7 heteroatoms. The van der Waals surface area contributed by atoms with Crippen LogP contribution in [0.1, 0.15) is 23.2 Å². The minimum atomic E-state index is -0.597. The number of hydrogen-bond donors (Lipinski definition) is 3. The van der Waals surface area contributed by atoms with Gasteiger partial charge in [-0.1, -0.05) is 0 Å². The van der Waals surface area contributed by atoms with Crippen LogP contribution in [-0.2, 0) is 4.79 Å². The highest BCUT2D eigenvalue weighted by molar-refractivity contribution is 9.10. The van der Waals surface area contributed by atoms with E-state index in [1.165, 1.54) is 17.4 Å². The number of benzene rings is 1. The summed E-state index contributed by atoms with van der Waals surface area (Å²) in [5.41, 5.74) is 5.71. The fourth-order valence-electron chi connectivity index (χ4n) is 2.01. The Kier molecular flexibility index (Phi) is 3.18. The number of halogens is 1. The van der Waals surface area contributed by atoms with Crippen molar-refractivity contribution >= 4 is 54.2 Å². The van der Waals surface area contributed by atoms with Crippen LogP contribution >= 0.6 is 27.3 Å². The van der Waals surface area contributed by atoms with Crippen LogP contribution < -0.4 is 11.1 Å². The Hall–Kier alpha value is -1.60. The molecule has 1 aromatic heterocycles. The SMILES string of the molecule is NC(=O)c1c(NC(=O)C2CC2)sc2c(Br)c(O)ccc12. The van der Waals surface area contributed by atoms with Crippen molar-refractivity contribution < 1.29 is 14.7 Å². The number of rotatable bonds is 3. The molecule has 1 saturated carbocycles. The number of thiophene rings is 1. The van der Waals surface area contributed by atoms with Crippen LogP contribution in [0.3, 0.4) is 0 Å². The van der Waals surface area contributed by atoms with Gasteiger partial charge in [0.2, 0.25) is 5.91 Å². The zero-order valence-corrected chi connectivity index (χ0v) is 12.7. The van der Waals surface area contributed by atoms with Gasteiger partial charge in [0.05, 0.1) is 14.7 Å². The van der Waals surface area contributed by atoms with Gasteiger partial charge in [-0.2, -0.15) is 0 Å². The maximum atomic E-state index is 11.9. The van der Waals surface area contributed by atoms with Crippen LogP contribution in [0.5, 0.6) is 5.75 Å². The van der Waals surface area contributed by atoms with Gasteiger partial charge < -0.3 is 16.2 Å². The van der Waals surface area contributed by atoms with Crippen LogP contribution in [0.2, 0.25) is 0 Å². The van der Waals surface area contributed by atoms with Gasteiger partial charge in [-0.15, -0.1) is 11.3 Å². The molecule has 0 bridgehead atoms. The van der Waals surface area contributed by atoms with Crippen molar-refractivity contribution in [2.75, 3.05) is 5.32 Å². The molecule has 1 aliphatic carbocycles. The molecule has 0 spiro atoms. The zero-order chi connectivity index (χ0) is 14.4. The second kappa shape index (κ2) is 4.75. The Bertz CT molecular complexity index is 737. The number of phenols is 1. The van der Waals surface area contributed by atoms with Gasteiger partial charge in [0.25, 0.3) is 5.91 Å². The lowest BCUT2D eigenvalue weighted by atomic mass is 10.1. The van der Waals surface area contributed by atoms with Crippen LogP contribution in [-0.4, -0.2) is 16.9 Å². The summed E-state index contributed by atoms with van der Waals surface area (Å²) in [6.45, 7) is 0. The summed E-state index contributed by atoms with van der Waals surface area (Å²) < 4.78 is 1.18. The Morgan fingerprint density at radius 2 is 2.10 bits per heavy atom. The highest BCUT2D eigenvalue weighted by atomic mass is 79.9. The van der Waals surface area contributed by atoms with Crippen molar-refractivity contribution in [3.05, 3.63) is 22.2 Å². The predicted molar refractivity (Wildman–Crippen MR) is 81.1 cm³/mol. The first-order valence-corrected chi connectivity index (χ1v) is 7.64.